The van der Waals surface area contributed by atoms with Gasteiger partial charge in [0.05, 0.1) is 5.39 Å². The number of hydrogen-bond acceptors (Lipinski definition) is 5. The Balaban J connectivity index is 1.85. The summed E-state index contributed by atoms with van der Waals surface area (Å²) in [6.07, 6.45) is 1.79. The lowest BCUT2D eigenvalue weighted by molar-refractivity contribution is 0.0451. The van der Waals surface area contributed by atoms with E-state index in [4.69, 9.17) is 4.74 Å². The van der Waals surface area contributed by atoms with E-state index in [0.717, 1.165) is 41.5 Å². The van der Waals surface area contributed by atoms with Crippen molar-refractivity contribution in [3.05, 3.63) is 62.0 Å². The summed E-state index contributed by atoms with van der Waals surface area (Å²) in [4.78, 5) is 33.1. The van der Waals surface area contributed by atoms with Gasteiger partial charge in [0.1, 0.15) is 34.5 Å². The van der Waals surface area contributed by atoms with Crippen molar-refractivity contribution < 1.29 is 18.3 Å². The molecule has 0 spiro atoms. The van der Waals surface area contributed by atoms with Crippen molar-refractivity contribution in [2.75, 3.05) is 0 Å². The third-order valence-electron chi connectivity index (χ3n) is 4.67. The summed E-state index contributed by atoms with van der Waals surface area (Å²) in [5.41, 5.74) is -0.0930. The smallest absolute Gasteiger partial charge is 0.344 e. The number of nitrogens with zero attached hydrogens (tertiary/aromatic N) is 1. The molecule has 28 heavy (non-hydrogen) atoms. The van der Waals surface area contributed by atoms with E-state index < -0.39 is 29.8 Å². The van der Waals surface area contributed by atoms with Crippen LogP contribution in [0, 0.1) is 24.5 Å². The molecule has 1 N–H and O–H groups in total. The predicted molar refractivity (Wildman–Crippen MR) is 104 cm³/mol. The minimum Gasteiger partial charge on any atom is -0.454 e. The Bertz CT molecular complexity index is 1070. The predicted octanol–water partition coefficient (Wildman–Crippen LogP) is 4.52. The van der Waals surface area contributed by atoms with Crippen LogP contribution < -0.4 is 5.56 Å². The number of esters is 1. The zero-order valence-electron chi connectivity index (χ0n) is 15.8. The minimum absolute atomic E-state index is 0.124. The zero-order chi connectivity index (χ0) is 20.4. The monoisotopic (exact) mass is 406 g/mol. The molecule has 0 fully saturated rings. The molecule has 1 atom stereocenters. The second-order valence-electron chi connectivity index (χ2n) is 6.72. The summed E-state index contributed by atoms with van der Waals surface area (Å²) >= 11 is 1.40. The summed E-state index contributed by atoms with van der Waals surface area (Å²) in [6, 6.07) is 3.10. The summed E-state index contributed by atoms with van der Waals surface area (Å²) in [6.45, 7) is 5.78. The molecule has 3 aromatic rings. The van der Waals surface area contributed by atoms with E-state index in [9.17, 15) is 18.4 Å². The number of aromatic nitrogens is 2. The summed E-state index contributed by atoms with van der Waals surface area (Å²) in [5, 5.41) is 0.554. The molecule has 8 heteroatoms. The van der Waals surface area contributed by atoms with Gasteiger partial charge in [0.15, 0.2) is 0 Å². The number of carbonyl (C=O) groups excluding carboxylic acids is 1. The van der Waals surface area contributed by atoms with Crippen molar-refractivity contribution in [3.63, 3.8) is 0 Å². The molecule has 0 saturated heterocycles. The highest BCUT2D eigenvalue weighted by Gasteiger charge is 2.20. The van der Waals surface area contributed by atoms with Crippen molar-refractivity contribution in [2.24, 2.45) is 5.92 Å². The topological polar surface area (TPSA) is 72.0 Å². The van der Waals surface area contributed by atoms with Crippen molar-refractivity contribution in [3.8, 4) is 0 Å². The van der Waals surface area contributed by atoms with Crippen LogP contribution in [0.15, 0.2) is 23.0 Å². The van der Waals surface area contributed by atoms with E-state index >= 15 is 0 Å². The summed E-state index contributed by atoms with van der Waals surface area (Å²) in [5.74, 6) is -2.61. The average molecular weight is 406 g/mol. The third-order valence-corrected chi connectivity index (χ3v) is 5.71. The zero-order valence-corrected chi connectivity index (χ0v) is 16.6. The second kappa shape index (κ2) is 8.18. The number of rotatable bonds is 6. The van der Waals surface area contributed by atoms with Crippen LogP contribution in [0.3, 0.4) is 0 Å². The highest BCUT2D eigenvalue weighted by Crippen LogP contribution is 2.29. The van der Waals surface area contributed by atoms with Crippen molar-refractivity contribution in [1.29, 1.82) is 0 Å². The molecule has 0 bridgehead atoms. The number of H-pyrrole nitrogens is 1. The number of aryl methyl sites for hydroxylation is 1. The van der Waals surface area contributed by atoms with Gasteiger partial charge in [-0.05, 0) is 37.0 Å². The minimum atomic E-state index is -1.15. The molecule has 0 saturated carbocycles. The van der Waals surface area contributed by atoms with E-state index in [2.05, 4.69) is 23.8 Å². The molecule has 0 radical (unpaired) electrons. The standard InChI is InChI=1S/C20H20F2N2O3S/c1-4-10(2)8-12-11(3)28-19-16(12)18(25)23-15(24-19)9-27-20(26)17-13(21)6-5-7-14(17)22/h5-7,10H,4,8-9H2,1-3H3,(H,23,24,25)/t10-/m0/s1. The first kappa shape index (κ1) is 20.1. The van der Waals surface area contributed by atoms with Crippen molar-refractivity contribution in [1.82, 2.24) is 9.97 Å². The Morgan fingerprint density at radius 3 is 2.64 bits per heavy atom. The number of nitrogens with one attached hydrogen (secondary N) is 1. The third kappa shape index (κ3) is 3.96. The van der Waals surface area contributed by atoms with Gasteiger partial charge in [0.2, 0.25) is 0 Å². The quantitative estimate of drug-likeness (QED) is 0.611. The van der Waals surface area contributed by atoms with Crippen LogP contribution >= 0.6 is 11.3 Å². The Kier molecular flexibility index (Phi) is 5.88. The first-order valence-electron chi connectivity index (χ1n) is 8.94. The highest BCUT2D eigenvalue weighted by atomic mass is 32.1. The van der Waals surface area contributed by atoms with E-state index in [0.29, 0.717) is 16.1 Å². The number of fused-ring (bicyclic) bond motifs is 1. The number of carbonyl (C=O) groups is 1. The van der Waals surface area contributed by atoms with Gasteiger partial charge in [-0.25, -0.2) is 18.6 Å². The molecule has 0 amide bonds. The number of ether oxygens (including phenoxy) is 1. The molecule has 0 aliphatic carbocycles. The van der Waals surface area contributed by atoms with Crippen LogP contribution in [0.25, 0.3) is 10.2 Å². The molecule has 2 heterocycles. The Morgan fingerprint density at radius 1 is 1.32 bits per heavy atom. The van der Waals surface area contributed by atoms with Gasteiger partial charge in [0, 0.05) is 4.88 Å². The van der Waals surface area contributed by atoms with Crippen molar-refractivity contribution >= 4 is 27.5 Å². The van der Waals surface area contributed by atoms with Crippen LogP contribution in [-0.4, -0.2) is 15.9 Å². The fourth-order valence-corrected chi connectivity index (χ4v) is 4.00. The maximum absolute atomic E-state index is 13.7. The average Bonchev–Trinajstić information content (AvgIpc) is 2.95. The maximum Gasteiger partial charge on any atom is 0.344 e. The van der Waals surface area contributed by atoms with E-state index in [-0.39, 0.29) is 11.4 Å². The molecule has 3 rings (SSSR count). The SMILES string of the molecule is CC[C@H](C)Cc1c(C)sc2nc(COC(=O)c3c(F)cccc3F)[nH]c(=O)c12. The summed E-state index contributed by atoms with van der Waals surface area (Å²) < 4.78 is 32.3. The van der Waals surface area contributed by atoms with E-state index in [1.807, 2.05) is 6.92 Å². The lowest BCUT2D eigenvalue weighted by Crippen LogP contribution is -2.16. The number of thiophene rings is 1. The number of halogens is 2. The van der Waals surface area contributed by atoms with Crippen molar-refractivity contribution in [2.45, 2.75) is 40.2 Å². The highest BCUT2D eigenvalue weighted by molar-refractivity contribution is 7.18. The fourth-order valence-electron chi connectivity index (χ4n) is 2.93. The second-order valence-corrected chi connectivity index (χ2v) is 7.92. The van der Waals surface area contributed by atoms with Gasteiger partial charge >= 0.3 is 5.97 Å². The molecule has 1 aromatic carbocycles. The van der Waals surface area contributed by atoms with Crippen LogP contribution in [-0.2, 0) is 17.8 Å². The van der Waals surface area contributed by atoms with Gasteiger partial charge in [-0.3, -0.25) is 4.79 Å². The molecular weight excluding hydrogens is 386 g/mol. The first-order chi connectivity index (χ1) is 13.3. The lowest BCUT2D eigenvalue weighted by Gasteiger charge is -2.08. The molecule has 0 unspecified atom stereocenters. The van der Waals surface area contributed by atoms with Crippen LogP contribution in [0.2, 0.25) is 0 Å². The molecule has 0 aliphatic rings. The van der Waals surface area contributed by atoms with E-state index in [1.54, 1.807) is 0 Å². The normalized spacial score (nSPS) is 12.3. The first-order valence-corrected chi connectivity index (χ1v) is 9.75. The summed E-state index contributed by atoms with van der Waals surface area (Å²) in [7, 11) is 0. The molecule has 0 aliphatic heterocycles. The van der Waals surface area contributed by atoms with Crippen LogP contribution in [0.5, 0.6) is 0 Å². The molecule has 148 valence electrons. The molecule has 2 aromatic heterocycles. The van der Waals surface area contributed by atoms with E-state index in [1.165, 1.54) is 11.3 Å². The largest absolute Gasteiger partial charge is 0.454 e. The maximum atomic E-state index is 13.7. The Labute approximate surface area is 164 Å². The van der Waals surface area contributed by atoms with Crippen LogP contribution in [0.4, 0.5) is 8.78 Å². The number of benzene rings is 1. The number of hydrogen-bond donors (Lipinski definition) is 1. The van der Waals surface area contributed by atoms with Gasteiger partial charge in [0.25, 0.3) is 5.56 Å². The van der Waals surface area contributed by atoms with Gasteiger partial charge in [-0.15, -0.1) is 11.3 Å². The van der Waals surface area contributed by atoms with Gasteiger partial charge in [-0.1, -0.05) is 26.3 Å². The van der Waals surface area contributed by atoms with Crippen LogP contribution in [0.1, 0.15) is 46.9 Å². The Hall–Kier alpha value is -2.61. The molecular formula is C20H20F2N2O3S. The molecule has 5 nitrogen and oxygen atoms in total. The lowest BCUT2D eigenvalue weighted by atomic mass is 9.98. The van der Waals surface area contributed by atoms with Gasteiger partial charge in [-0.2, -0.15) is 0 Å². The Morgan fingerprint density at radius 2 is 2.00 bits per heavy atom. The van der Waals surface area contributed by atoms with Gasteiger partial charge < -0.3 is 9.72 Å². The fraction of sp³-hybridized carbons (Fsp3) is 0.350. The number of aromatic amines is 1.